The second-order valence-electron chi connectivity index (χ2n) is 15.2. The number of amides is 3. The van der Waals surface area contributed by atoms with Gasteiger partial charge in [0.05, 0.1) is 0 Å². The predicted octanol–water partition coefficient (Wildman–Crippen LogP) is 4.80. The Morgan fingerprint density at radius 2 is 1.10 bits per heavy atom. The first-order chi connectivity index (χ1) is 22.8. The highest BCUT2D eigenvalue weighted by Gasteiger charge is 2.23. The van der Waals surface area contributed by atoms with Crippen LogP contribution in [-0.4, -0.2) is 95.3 Å². The van der Waals surface area contributed by atoms with E-state index in [1.807, 2.05) is 4.90 Å². The summed E-state index contributed by atoms with van der Waals surface area (Å²) in [6.45, 7) is 20.9. The van der Waals surface area contributed by atoms with Crippen molar-refractivity contribution in [2.45, 2.75) is 87.8 Å². The standard InChI is InChI=1S/C33H56N6O6S2Si2/c1-33(2,3)45-32(42)36-18-21-37(19-16-34-30(40)26-12-10-14-28(38(26)43)46-22-24-48(4,5)6)20-17-35-31(41)27-13-11-15-29(39(27)44)47-23-25-49(7,8)9/h10-15H,16-25H2,1-9H3,(H,34,40)(H,35,41)(H,36,42). The van der Waals surface area contributed by atoms with Crippen LogP contribution in [0.3, 0.4) is 0 Å². The fourth-order valence-corrected chi connectivity index (χ4v) is 11.1. The number of thioether (sulfide) groups is 2. The van der Waals surface area contributed by atoms with E-state index in [4.69, 9.17) is 4.74 Å². The number of aromatic nitrogens is 2. The van der Waals surface area contributed by atoms with Crippen molar-refractivity contribution in [1.82, 2.24) is 20.9 Å². The van der Waals surface area contributed by atoms with E-state index in [-0.39, 0.29) is 31.0 Å². The molecule has 0 unspecified atom stereocenters. The molecule has 2 heterocycles. The van der Waals surface area contributed by atoms with Crippen molar-refractivity contribution < 1.29 is 28.6 Å². The summed E-state index contributed by atoms with van der Waals surface area (Å²) in [7, 11) is -2.50. The molecule has 2 aromatic rings. The minimum Gasteiger partial charge on any atom is -0.617 e. The van der Waals surface area contributed by atoms with Crippen molar-refractivity contribution in [3.05, 3.63) is 58.2 Å². The van der Waals surface area contributed by atoms with Crippen LogP contribution in [0, 0.1) is 10.4 Å². The topological polar surface area (TPSA) is 154 Å². The first-order valence-corrected chi connectivity index (χ1v) is 26.1. The maximum Gasteiger partial charge on any atom is 0.407 e. The van der Waals surface area contributed by atoms with Crippen LogP contribution >= 0.6 is 23.5 Å². The maximum atomic E-state index is 13.0. The number of hydrogen-bond acceptors (Lipinski definition) is 9. The van der Waals surface area contributed by atoms with Crippen molar-refractivity contribution >= 4 is 57.6 Å². The van der Waals surface area contributed by atoms with Gasteiger partial charge in [0.25, 0.3) is 21.4 Å². The zero-order valence-electron chi connectivity index (χ0n) is 30.6. The average Bonchev–Trinajstić information content (AvgIpc) is 2.96. The summed E-state index contributed by atoms with van der Waals surface area (Å²) >= 11 is 2.92. The Bertz CT molecular complexity index is 1310. The average molecular weight is 753 g/mol. The van der Waals surface area contributed by atoms with Crippen LogP contribution < -0.4 is 25.4 Å². The van der Waals surface area contributed by atoms with Crippen LogP contribution in [0.15, 0.2) is 46.5 Å². The highest BCUT2D eigenvalue weighted by atomic mass is 32.2. The second-order valence-corrected chi connectivity index (χ2v) is 28.7. The van der Waals surface area contributed by atoms with Gasteiger partial charge in [0.2, 0.25) is 0 Å². The zero-order chi connectivity index (χ0) is 36.8. The normalized spacial score (nSPS) is 12.1. The van der Waals surface area contributed by atoms with Gasteiger partial charge < -0.3 is 31.1 Å². The molecule has 0 aromatic carbocycles. The van der Waals surface area contributed by atoms with Gasteiger partial charge in [-0.25, -0.2) is 4.79 Å². The Balaban J connectivity index is 2.00. The molecule has 0 spiro atoms. The molecule has 0 aliphatic carbocycles. The Morgan fingerprint density at radius 1 is 0.714 bits per heavy atom. The van der Waals surface area contributed by atoms with Crippen molar-refractivity contribution in [3.63, 3.8) is 0 Å². The van der Waals surface area contributed by atoms with Gasteiger partial charge in [-0.05, 0) is 45.0 Å². The van der Waals surface area contributed by atoms with Gasteiger partial charge in [0.15, 0.2) is 0 Å². The van der Waals surface area contributed by atoms with E-state index in [1.165, 1.54) is 35.7 Å². The summed E-state index contributed by atoms with van der Waals surface area (Å²) in [6.07, 6.45) is -0.542. The zero-order valence-corrected chi connectivity index (χ0v) is 34.3. The molecule has 2 aromatic heterocycles. The van der Waals surface area contributed by atoms with Crippen molar-refractivity contribution in [2.75, 3.05) is 50.8 Å². The highest BCUT2D eigenvalue weighted by Crippen LogP contribution is 2.21. The molecule has 49 heavy (non-hydrogen) atoms. The second kappa shape index (κ2) is 19.6. The molecule has 274 valence electrons. The van der Waals surface area contributed by atoms with Gasteiger partial charge in [0.1, 0.15) is 5.60 Å². The smallest absolute Gasteiger partial charge is 0.407 e. The first-order valence-electron chi connectivity index (χ1n) is 16.7. The number of nitrogens with zero attached hydrogens (tertiary/aromatic N) is 3. The Morgan fingerprint density at radius 3 is 1.47 bits per heavy atom. The lowest BCUT2D eigenvalue weighted by Crippen LogP contribution is -2.46. The van der Waals surface area contributed by atoms with Gasteiger partial charge in [-0.15, -0.1) is 0 Å². The Kier molecular flexibility index (Phi) is 16.9. The lowest BCUT2D eigenvalue weighted by molar-refractivity contribution is -0.647. The molecule has 3 N–H and O–H groups in total. The molecule has 12 nitrogen and oxygen atoms in total. The molecule has 16 heteroatoms. The SMILES string of the molecule is CC(C)(C)OC(=O)NCCN(CCNC(=O)c1cccc(SCC[Si](C)(C)C)[n+]1[O-])CCNC(=O)c1cccc(SCC[Si](C)(C)C)[n+]1[O-]. The maximum absolute atomic E-state index is 13.0. The summed E-state index contributed by atoms with van der Waals surface area (Å²) in [4.78, 5) is 40.1. The molecule has 0 saturated carbocycles. The van der Waals surface area contributed by atoms with Gasteiger partial charge in [-0.1, -0.05) is 62.8 Å². The molecule has 2 rings (SSSR count). The molecule has 0 fully saturated rings. The third kappa shape index (κ3) is 17.1. The summed E-state index contributed by atoms with van der Waals surface area (Å²) < 4.78 is 6.69. The third-order valence-electron chi connectivity index (χ3n) is 7.02. The van der Waals surface area contributed by atoms with Crippen molar-refractivity contribution in [1.29, 1.82) is 0 Å². The number of pyridine rings is 2. The number of alkyl carbamates (subject to hydrolysis) is 1. The van der Waals surface area contributed by atoms with E-state index in [0.717, 1.165) is 23.6 Å². The van der Waals surface area contributed by atoms with Crippen molar-refractivity contribution in [3.8, 4) is 0 Å². The molecular weight excluding hydrogens is 697 g/mol. The molecule has 0 bridgehead atoms. The fourth-order valence-electron chi connectivity index (χ4n) is 4.23. The van der Waals surface area contributed by atoms with Crippen molar-refractivity contribution in [2.24, 2.45) is 0 Å². The number of ether oxygens (including phenoxy) is 1. The number of carbonyl (C=O) groups excluding carboxylic acids is 3. The fraction of sp³-hybridized carbons (Fsp3) is 0.606. The predicted molar refractivity (Wildman–Crippen MR) is 204 cm³/mol. The molecule has 0 aliphatic heterocycles. The van der Waals surface area contributed by atoms with Crippen LogP contribution in [0.5, 0.6) is 0 Å². The first kappa shape index (κ1) is 42.4. The Hall–Kier alpha value is -2.80. The monoisotopic (exact) mass is 752 g/mol. The lowest BCUT2D eigenvalue weighted by Gasteiger charge is -2.24. The number of carbonyl (C=O) groups is 3. The van der Waals surface area contributed by atoms with Crippen LogP contribution in [0.1, 0.15) is 41.7 Å². The number of nitrogens with one attached hydrogen (secondary N) is 3. The van der Waals surface area contributed by atoms with E-state index in [0.29, 0.717) is 39.1 Å². The molecular formula is C33H56N6O6S2Si2. The molecule has 0 atom stereocenters. The van der Waals surface area contributed by atoms with E-state index >= 15 is 0 Å². The largest absolute Gasteiger partial charge is 0.617 e. The van der Waals surface area contributed by atoms with Gasteiger partial charge in [-0.3, -0.25) is 14.5 Å². The van der Waals surface area contributed by atoms with Crippen LogP contribution in [0.4, 0.5) is 4.79 Å². The summed E-state index contributed by atoms with van der Waals surface area (Å²) in [5.41, 5.74) is -0.589. The van der Waals surface area contributed by atoms with E-state index in [2.05, 4.69) is 55.2 Å². The van der Waals surface area contributed by atoms with Crippen LogP contribution in [-0.2, 0) is 4.74 Å². The Labute approximate surface area is 302 Å². The summed E-state index contributed by atoms with van der Waals surface area (Å²) in [5.74, 6) is 0.684. The third-order valence-corrected chi connectivity index (χ3v) is 13.3. The summed E-state index contributed by atoms with van der Waals surface area (Å²) in [5, 5.41) is 35.3. The lowest BCUT2D eigenvalue weighted by atomic mass is 10.2. The van der Waals surface area contributed by atoms with Gasteiger partial charge in [-0.2, -0.15) is 9.46 Å². The molecule has 0 aliphatic rings. The van der Waals surface area contributed by atoms with E-state index in [9.17, 15) is 24.8 Å². The van der Waals surface area contributed by atoms with Crippen LogP contribution in [0.2, 0.25) is 51.4 Å². The van der Waals surface area contributed by atoms with Gasteiger partial charge >= 0.3 is 17.9 Å². The minimum atomic E-state index is -1.25. The summed E-state index contributed by atoms with van der Waals surface area (Å²) in [6, 6.07) is 12.0. The minimum absolute atomic E-state index is 0.0233. The van der Waals surface area contributed by atoms with Crippen LogP contribution in [0.25, 0.3) is 0 Å². The molecule has 0 saturated heterocycles. The highest BCUT2D eigenvalue weighted by molar-refractivity contribution is 7.99. The number of hydrogen-bond donors (Lipinski definition) is 3. The quantitative estimate of drug-likeness (QED) is 0.0795. The van der Waals surface area contributed by atoms with Gasteiger partial charge in [0, 0.05) is 91.2 Å². The van der Waals surface area contributed by atoms with E-state index in [1.54, 1.807) is 45.0 Å². The molecule has 0 radical (unpaired) electrons. The number of rotatable bonds is 19. The van der Waals surface area contributed by atoms with E-state index < -0.39 is 39.7 Å². The molecule has 3 amide bonds.